The van der Waals surface area contributed by atoms with Gasteiger partial charge in [-0.3, -0.25) is 4.79 Å². The van der Waals surface area contributed by atoms with Gasteiger partial charge in [0.1, 0.15) is 11.9 Å². The number of benzene rings is 1. The lowest BCUT2D eigenvalue weighted by atomic mass is 10.2. The van der Waals surface area contributed by atoms with Crippen molar-refractivity contribution in [3.63, 3.8) is 0 Å². The predicted octanol–water partition coefficient (Wildman–Crippen LogP) is 4.22. The first-order valence-corrected chi connectivity index (χ1v) is 8.61. The van der Waals surface area contributed by atoms with Crippen molar-refractivity contribution in [2.24, 2.45) is 0 Å². The Labute approximate surface area is 147 Å². The van der Waals surface area contributed by atoms with Crippen molar-refractivity contribution in [2.45, 2.75) is 6.10 Å². The number of aliphatic hydroxyl groups is 1. The lowest BCUT2D eigenvalue weighted by Gasteiger charge is -2.08. The van der Waals surface area contributed by atoms with E-state index in [9.17, 15) is 9.90 Å². The van der Waals surface area contributed by atoms with Crippen molar-refractivity contribution in [3.8, 4) is 11.5 Å². The summed E-state index contributed by atoms with van der Waals surface area (Å²) in [4.78, 5) is 12.9. The Bertz CT molecular complexity index is 966. The topological polar surface area (TPSA) is 75.6 Å². The summed E-state index contributed by atoms with van der Waals surface area (Å²) in [5.74, 6) is 1.30. The van der Waals surface area contributed by atoms with E-state index in [0.29, 0.717) is 22.2 Å². The monoisotopic (exact) mass is 353 g/mol. The molecule has 2 N–H and O–H groups in total. The highest BCUT2D eigenvalue weighted by Crippen LogP contribution is 2.27. The number of furan rings is 2. The third kappa shape index (κ3) is 3.22. The zero-order valence-electron chi connectivity index (χ0n) is 13.1. The van der Waals surface area contributed by atoms with E-state index in [4.69, 9.17) is 8.83 Å². The second-order valence-electron chi connectivity index (χ2n) is 5.55. The molecule has 5 nitrogen and oxygen atoms in total. The van der Waals surface area contributed by atoms with Gasteiger partial charge >= 0.3 is 0 Å². The van der Waals surface area contributed by atoms with E-state index in [0.717, 1.165) is 10.1 Å². The van der Waals surface area contributed by atoms with Gasteiger partial charge in [0, 0.05) is 4.70 Å². The van der Waals surface area contributed by atoms with Crippen LogP contribution in [0, 0.1) is 0 Å². The SMILES string of the molecule is O=C(NCC(O)c1ccc(-c2ccco2)o1)c1cc2ccccc2s1. The molecule has 3 aromatic heterocycles. The lowest BCUT2D eigenvalue weighted by Crippen LogP contribution is -2.27. The number of carbonyl (C=O) groups is 1. The molecule has 0 fully saturated rings. The van der Waals surface area contributed by atoms with Gasteiger partial charge in [0.15, 0.2) is 11.5 Å². The fourth-order valence-corrected chi connectivity index (χ4v) is 3.53. The molecule has 0 saturated carbocycles. The Kier molecular flexibility index (Phi) is 4.13. The van der Waals surface area contributed by atoms with E-state index < -0.39 is 6.10 Å². The molecule has 0 aliphatic rings. The van der Waals surface area contributed by atoms with Crippen LogP contribution in [0.5, 0.6) is 0 Å². The van der Waals surface area contributed by atoms with Crippen LogP contribution in [0.1, 0.15) is 21.5 Å². The number of thiophene rings is 1. The van der Waals surface area contributed by atoms with Crippen molar-refractivity contribution in [3.05, 3.63) is 71.5 Å². The molecule has 0 spiro atoms. The van der Waals surface area contributed by atoms with Crippen molar-refractivity contribution >= 4 is 27.3 Å². The van der Waals surface area contributed by atoms with Gasteiger partial charge < -0.3 is 19.3 Å². The van der Waals surface area contributed by atoms with E-state index in [1.807, 2.05) is 30.3 Å². The van der Waals surface area contributed by atoms with E-state index in [1.165, 1.54) is 11.3 Å². The van der Waals surface area contributed by atoms with Gasteiger partial charge in [-0.1, -0.05) is 18.2 Å². The number of aliphatic hydroxyl groups excluding tert-OH is 1. The Morgan fingerprint density at radius 3 is 2.80 bits per heavy atom. The summed E-state index contributed by atoms with van der Waals surface area (Å²) >= 11 is 1.43. The van der Waals surface area contributed by atoms with Gasteiger partial charge in [-0.15, -0.1) is 11.3 Å². The number of nitrogens with one attached hydrogen (secondary N) is 1. The summed E-state index contributed by atoms with van der Waals surface area (Å²) in [6, 6.07) is 16.6. The highest BCUT2D eigenvalue weighted by Gasteiger charge is 2.17. The van der Waals surface area contributed by atoms with Gasteiger partial charge in [-0.25, -0.2) is 0 Å². The summed E-state index contributed by atoms with van der Waals surface area (Å²) < 4.78 is 11.9. The van der Waals surface area contributed by atoms with Crippen LogP contribution in [-0.2, 0) is 0 Å². The normalized spacial score (nSPS) is 12.4. The summed E-state index contributed by atoms with van der Waals surface area (Å²) in [5, 5.41) is 14.0. The molecule has 0 aliphatic heterocycles. The molecule has 3 heterocycles. The molecule has 6 heteroatoms. The van der Waals surface area contributed by atoms with Crippen LogP contribution >= 0.6 is 11.3 Å². The van der Waals surface area contributed by atoms with Crippen LogP contribution < -0.4 is 5.32 Å². The zero-order chi connectivity index (χ0) is 17.2. The third-order valence-corrected chi connectivity index (χ3v) is 4.94. The van der Waals surface area contributed by atoms with Crippen LogP contribution in [-0.4, -0.2) is 17.6 Å². The van der Waals surface area contributed by atoms with Crippen molar-refractivity contribution in [1.29, 1.82) is 0 Å². The Morgan fingerprint density at radius 1 is 1.12 bits per heavy atom. The van der Waals surface area contributed by atoms with Crippen molar-refractivity contribution in [1.82, 2.24) is 5.32 Å². The van der Waals surface area contributed by atoms with Gasteiger partial charge in [0.05, 0.1) is 17.7 Å². The van der Waals surface area contributed by atoms with Gasteiger partial charge in [0.25, 0.3) is 5.91 Å². The lowest BCUT2D eigenvalue weighted by molar-refractivity contribution is 0.0905. The molecule has 1 unspecified atom stereocenters. The van der Waals surface area contributed by atoms with Gasteiger partial charge in [-0.2, -0.15) is 0 Å². The maximum Gasteiger partial charge on any atom is 0.261 e. The van der Waals surface area contributed by atoms with Crippen LogP contribution in [0.4, 0.5) is 0 Å². The average Bonchev–Trinajstić information content (AvgIpc) is 3.38. The first-order valence-electron chi connectivity index (χ1n) is 7.79. The molecular formula is C19H15NO4S. The molecule has 4 rings (SSSR count). The highest BCUT2D eigenvalue weighted by molar-refractivity contribution is 7.20. The molecule has 4 aromatic rings. The second-order valence-corrected chi connectivity index (χ2v) is 6.64. The van der Waals surface area contributed by atoms with Crippen molar-refractivity contribution < 1.29 is 18.7 Å². The quantitative estimate of drug-likeness (QED) is 0.563. The number of carbonyl (C=O) groups excluding carboxylic acids is 1. The first kappa shape index (κ1) is 15.7. The van der Waals surface area contributed by atoms with Crippen LogP contribution in [0.3, 0.4) is 0 Å². The van der Waals surface area contributed by atoms with Gasteiger partial charge in [0.2, 0.25) is 0 Å². The Hall–Kier alpha value is -2.83. The van der Waals surface area contributed by atoms with Crippen LogP contribution in [0.2, 0.25) is 0 Å². The maximum atomic E-state index is 12.3. The standard InChI is InChI=1S/C19H15NO4S/c21-13(14-7-8-16(24-14)15-5-3-9-23-15)11-20-19(22)18-10-12-4-1-2-6-17(12)25-18/h1-10,13,21H,11H2,(H,20,22). The average molecular weight is 353 g/mol. The molecule has 0 aliphatic carbocycles. The Morgan fingerprint density at radius 2 is 2.00 bits per heavy atom. The molecular weight excluding hydrogens is 338 g/mol. The zero-order valence-corrected chi connectivity index (χ0v) is 14.0. The van der Waals surface area contributed by atoms with Crippen LogP contribution in [0.15, 0.2) is 69.7 Å². The number of hydrogen-bond acceptors (Lipinski definition) is 5. The van der Waals surface area contributed by atoms with Gasteiger partial charge in [-0.05, 0) is 41.8 Å². The number of rotatable bonds is 5. The van der Waals surface area contributed by atoms with Crippen LogP contribution in [0.25, 0.3) is 21.6 Å². The minimum atomic E-state index is -0.929. The van der Waals surface area contributed by atoms with Crippen molar-refractivity contribution in [2.75, 3.05) is 6.54 Å². The first-order chi connectivity index (χ1) is 12.2. The van der Waals surface area contributed by atoms with E-state index >= 15 is 0 Å². The van der Waals surface area contributed by atoms with E-state index in [1.54, 1.807) is 30.5 Å². The maximum absolute atomic E-state index is 12.3. The largest absolute Gasteiger partial charge is 0.461 e. The highest BCUT2D eigenvalue weighted by atomic mass is 32.1. The summed E-state index contributed by atoms with van der Waals surface area (Å²) in [6.07, 6.45) is 0.626. The second kappa shape index (κ2) is 6.58. The predicted molar refractivity (Wildman–Crippen MR) is 95.5 cm³/mol. The molecule has 0 radical (unpaired) electrons. The molecule has 1 aromatic carbocycles. The number of hydrogen-bond donors (Lipinski definition) is 2. The van der Waals surface area contributed by atoms with E-state index in [2.05, 4.69) is 5.32 Å². The minimum Gasteiger partial charge on any atom is -0.461 e. The van der Waals surface area contributed by atoms with E-state index in [-0.39, 0.29) is 12.5 Å². The fourth-order valence-electron chi connectivity index (χ4n) is 2.55. The number of fused-ring (bicyclic) bond motifs is 1. The smallest absolute Gasteiger partial charge is 0.261 e. The molecule has 25 heavy (non-hydrogen) atoms. The molecule has 0 saturated heterocycles. The fraction of sp³-hybridized carbons (Fsp3) is 0.105. The Balaban J connectivity index is 1.41. The minimum absolute atomic E-state index is 0.0676. The molecule has 1 amide bonds. The number of amides is 1. The molecule has 0 bridgehead atoms. The summed E-state index contributed by atoms with van der Waals surface area (Å²) in [7, 11) is 0. The molecule has 126 valence electrons. The summed E-state index contributed by atoms with van der Waals surface area (Å²) in [5.41, 5.74) is 0. The third-order valence-electron chi connectivity index (χ3n) is 3.82. The molecule has 1 atom stereocenters. The summed E-state index contributed by atoms with van der Waals surface area (Å²) in [6.45, 7) is 0.0676.